The second-order valence-corrected chi connectivity index (χ2v) is 23.8. The molecule has 13 atom stereocenters. The predicted octanol–water partition coefficient (Wildman–Crippen LogP) is -2.75. The van der Waals surface area contributed by atoms with Gasteiger partial charge < -0.3 is 88.7 Å². The second-order valence-electron chi connectivity index (χ2n) is 23.5. The molecule has 3 unspecified atom stereocenters. The van der Waals surface area contributed by atoms with Crippen molar-refractivity contribution < 1.29 is 73.8 Å². The Balaban J connectivity index is 1.48. The molecule has 2 aromatic rings. The predicted molar refractivity (Wildman–Crippen MR) is 328 cm³/mol. The maximum absolute atomic E-state index is 14.6. The van der Waals surface area contributed by atoms with Crippen LogP contribution in [0.4, 0.5) is 0 Å². The molecule has 0 bridgehead atoms. The zero-order chi connectivity index (χ0) is 65.7. The van der Waals surface area contributed by atoms with Crippen molar-refractivity contribution in [3.63, 3.8) is 0 Å². The number of aliphatic hydroxyl groups excluding tert-OH is 4. The van der Waals surface area contributed by atoms with E-state index in [0.29, 0.717) is 30.4 Å². The highest BCUT2D eigenvalue weighted by molar-refractivity contribution is 7.80. The van der Waals surface area contributed by atoms with Crippen molar-refractivity contribution in [2.45, 2.75) is 192 Å². The Hall–Kier alpha value is -7.15. The van der Waals surface area contributed by atoms with Crippen LogP contribution in [0.15, 0.2) is 48.5 Å². The standard InChI is InChI=1S/C59H93N13O15S/c1-30(2)46(49(78)31(3)4)68-56(85)48(34(8)75)70-52(81)41(27-36-17-21-38(77)22-18-36)65-54(83)44-13-10-24-71(44)58(87)45-14-11-25-72(45)57(86)43(29-88)67-53(82)42(28-73)66-55(84)47(33(7)74)69-51(80)40(26-35-15-19-37(76)20-16-35)64-50(79)39(63-32(5)6)12-9-23-62-59(60)61/h15-22,30-34,39-48,56,63,68,73-77,85,88H,9-14,23-29H2,1-8H3,(H,64,79)(H,65,83)(H,66,84)(H,67,82)(H,69,80)(H,70,81)(H4,60,61,62)/t33-,34-,39+,40+,41+,42+,43+,44+,45+,46+,47?,48?,56?/m1/s1. The first-order valence-electron chi connectivity index (χ1n) is 29.9. The molecule has 18 N–H and O–H groups in total. The lowest BCUT2D eigenvalue weighted by Gasteiger charge is -2.34. The molecule has 0 radical (unpaired) electrons. The monoisotopic (exact) mass is 1260 g/mol. The maximum Gasteiger partial charge on any atom is 0.246 e. The number of carbonyl (C=O) groups excluding carboxylic acids is 9. The molecule has 2 aromatic carbocycles. The Labute approximate surface area is 518 Å². The molecule has 0 aliphatic carbocycles. The number of ketones is 1. The molecule has 2 aliphatic rings. The number of phenols is 2. The fraction of sp³-hybridized carbons (Fsp3) is 0.627. The molecule has 4 rings (SSSR count). The molecule has 2 aliphatic heterocycles. The molecule has 8 amide bonds. The van der Waals surface area contributed by atoms with E-state index in [4.69, 9.17) is 11.1 Å². The van der Waals surface area contributed by atoms with Crippen molar-refractivity contribution in [2.24, 2.45) is 17.6 Å². The van der Waals surface area contributed by atoms with Crippen LogP contribution < -0.4 is 53.6 Å². The first kappa shape index (κ1) is 73.3. The molecule has 88 heavy (non-hydrogen) atoms. The number of thiol groups is 1. The number of amides is 8. The lowest BCUT2D eigenvalue weighted by molar-refractivity contribution is -0.148. The Morgan fingerprint density at radius 1 is 0.614 bits per heavy atom. The number of nitrogens with two attached hydrogens (primary N) is 1. The van der Waals surface area contributed by atoms with Crippen molar-refractivity contribution in [3.05, 3.63) is 59.7 Å². The number of phenolic OH excluding ortho intramolecular Hbond substituents is 2. The summed E-state index contributed by atoms with van der Waals surface area (Å²) in [7, 11) is 0. The van der Waals surface area contributed by atoms with E-state index in [1.807, 2.05) is 13.8 Å². The van der Waals surface area contributed by atoms with Gasteiger partial charge >= 0.3 is 0 Å². The highest BCUT2D eigenvalue weighted by atomic mass is 32.1. The first-order chi connectivity index (χ1) is 41.5. The summed E-state index contributed by atoms with van der Waals surface area (Å²) in [5.41, 5.74) is 6.41. The minimum atomic E-state index is -1.77. The van der Waals surface area contributed by atoms with Gasteiger partial charge in [0.15, 0.2) is 11.7 Å². The van der Waals surface area contributed by atoms with E-state index in [9.17, 15) is 73.8 Å². The van der Waals surface area contributed by atoms with Gasteiger partial charge in [-0.15, -0.1) is 0 Å². The van der Waals surface area contributed by atoms with Gasteiger partial charge in [0.25, 0.3) is 0 Å². The minimum Gasteiger partial charge on any atom is -0.508 e. The molecule has 490 valence electrons. The summed E-state index contributed by atoms with van der Waals surface area (Å²) in [6.07, 6.45) is -3.15. The Morgan fingerprint density at radius 3 is 1.61 bits per heavy atom. The molecule has 2 heterocycles. The number of nitrogens with one attached hydrogen (secondary N) is 10. The van der Waals surface area contributed by atoms with Gasteiger partial charge in [0.1, 0.15) is 60.0 Å². The third-order valence-electron chi connectivity index (χ3n) is 15.3. The Morgan fingerprint density at radius 2 is 1.11 bits per heavy atom. The van der Waals surface area contributed by atoms with Crippen molar-refractivity contribution in [2.75, 3.05) is 32.0 Å². The highest BCUT2D eigenvalue weighted by Gasteiger charge is 2.45. The molecule has 2 saturated heterocycles. The van der Waals surface area contributed by atoms with Gasteiger partial charge in [-0.1, -0.05) is 65.8 Å². The largest absolute Gasteiger partial charge is 0.508 e. The fourth-order valence-electron chi connectivity index (χ4n) is 10.4. The van der Waals surface area contributed by atoms with Crippen LogP contribution >= 0.6 is 12.6 Å². The van der Waals surface area contributed by atoms with Gasteiger partial charge in [-0.2, -0.15) is 12.6 Å². The zero-order valence-corrected chi connectivity index (χ0v) is 52.2. The molecule has 28 nitrogen and oxygen atoms in total. The molecule has 0 spiro atoms. The van der Waals surface area contributed by atoms with E-state index in [-0.39, 0.29) is 92.7 Å². The fourth-order valence-corrected chi connectivity index (χ4v) is 10.7. The maximum atomic E-state index is 14.6. The molecular formula is C59H93N13O15S. The van der Waals surface area contributed by atoms with Crippen molar-refractivity contribution in [1.82, 2.24) is 57.7 Å². The number of aromatic hydroxyl groups is 2. The molecular weight excluding hydrogens is 1160 g/mol. The summed E-state index contributed by atoms with van der Waals surface area (Å²) < 4.78 is 0. The van der Waals surface area contributed by atoms with Crippen LogP contribution in [0, 0.1) is 17.2 Å². The number of nitrogens with zero attached hydrogens (tertiary/aromatic N) is 2. The van der Waals surface area contributed by atoms with Gasteiger partial charge in [-0.25, -0.2) is 0 Å². The molecule has 0 saturated carbocycles. The number of hydrogen-bond acceptors (Lipinski definition) is 19. The van der Waals surface area contributed by atoms with E-state index < -0.39 is 139 Å². The number of Topliss-reactive ketones (excluding diaryl/α,β-unsaturated/α-hetero) is 1. The summed E-state index contributed by atoms with van der Waals surface area (Å²) in [5.74, 6) is -8.15. The SMILES string of the molecule is CC(C)N[C@@H](CCCNC(=N)N)C(=O)N[C@@H](Cc1ccc(O)cc1)C(=O)NC(C(=O)N[C@@H](CO)C(=O)N[C@@H](CS)C(=O)N1CCC[C@H]1C(=O)N1CCC[C@H]1C(=O)N[C@@H](Cc1ccc(O)cc1)C(=O)NC(C(O)N[C@H](C(=O)C(C)C)C(C)C)[C@@H](C)O)[C@@H](C)O. The number of likely N-dealkylation sites (tertiary alicyclic amines) is 2. The van der Waals surface area contributed by atoms with E-state index in [1.165, 1.54) is 72.2 Å². The van der Waals surface area contributed by atoms with E-state index in [0.717, 1.165) is 0 Å². The van der Waals surface area contributed by atoms with Gasteiger partial charge in [0.05, 0.1) is 36.9 Å². The summed E-state index contributed by atoms with van der Waals surface area (Å²) in [6, 6.07) is -1.50. The average Bonchev–Trinajstić information content (AvgIpc) is 3.99. The van der Waals surface area contributed by atoms with Crippen molar-refractivity contribution in [3.8, 4) is 11.5 Å². The quantitative estimate of drug-likeness (QED) is 0.0111. The smallest absolute Gasteiger partial charge is 0.246 e. The number of aliphatic hydroxyl groups is 4. The van der Waals surface area contributed by atoms with E-state index in [1.54, 1.807) is 27.7 Å². The summed E-state index contributed by atoms with van der Waals surface area (Å²) in [4.78, 5) is 129. The summed E-state index contributed by atoms with van der Waals surface area (Å²) in [5, 5.41) is 94.7. The van der Waals surface area contributed by atoms with Crippen molar-refractivity contribution >= 4 is 71.6 Å². The van der Waals surface area contributed by atoms with E-state index >= 15 is 0 Å². The zero-order valence-electron chi connectivity index (χ0n) is 51.3. The van der Waals surface area contributed by atoms with Crippen LogP contribution in [-0.2, 0) is 56.0 Å². The molecule has 2 fully saturated rings. The lowest BCUT2D eigenvalue weighted by Crippen LogP contribution is -2.63. The lowest BCUT2D eigenvalue weighted by atomic mass is 9.92. The molecule has 29 heteroatoms. The summed E-state index contributed by atoms with van der Waals surface area (Å²) >= 11 is 4.31. The van der Waals surface area contributed by atoms with Gasteiger partial charge in [0.2, 0.25) is 47.3 Å². The van der Waals surface area contributed by atoms with Gasteiger partial charge in [0, 0.05) is 50.2 Å². The third-order valence-corrected chi connectivity index (χ3v) is 15.6. The number of hydrogen-bond donors (Lipinski definition) is 18. The van der Waals surface area contributed by atoms with E-state index in [2.05, 4.69) is 60.5 Å². The van der Waals surface area contributed by atoms with Crippen LogP contribution in [0.5, 0.6) is 11.5 Å². The average molecular weight is 1260 g/mol. The number of carbonyl (C=O) groups is 9. The van der Waals surface area contributed by atoms with Crippen LogP contribution in [0.3, 0.4) is 0 Å². The normalized spacial score (nSPS) is 18.8. The van der Waals surface area contributed by atoms with Crippen LogP contribution in [0.1, 0.15) is 105 Å². The number of guanidine groups is 1. The van der Waals surface area contributed by atoms with Crippen LogP contribution in [0.2, 0.25) is 0 Å². The third kappa shape index (κ3) is 21.9. The van der Waals surface area contributed by atoms with Gasteiger partial charge in [-0.3, -0.25) is 53.9 Å². The van der Waals surface area contributed by atoms with Crippen molar-refractivity contribution in [1.29, 1.82) is 5.41 Å². The van der Waals surface area contributed by atoms with Crippen LogP contribution in [0.25, 0.3) is 0 Å². The first-order valence-corrected chi connectivity index (χ1v) is 30.5. The topological polar surface area (TPSA) is 440 Å². The van der Waals surface area contributed by atoms with Crippen LogP contribution in [-0.4, -0.2) is 216 Å². The Bertz CT molecular complexity index is 2690. The number of benzene rings is 2. The minimum absolute atomic E-state index is 0.0568. The molecule has 0 aromatic heterocycles. The Kier molecular flexibility index (Phi) is 29.3. The summed E-state index contributed by atoms with van der Waals surface area (Å²) in [6.45, 7) is 12.6. The second kappa shape index (κ2) is 35.1. The number of rotatable bonds is 34. The highest BCUT2D eigenvalue weighted by Crippen LogP contribution is 2.27. The van der Waals surface area contributed by atoms with Gasteiger partial charge in [-0.05, 0) is 93.7 Å².